The van der Waals surface area contributed by atoms with Crippen LogP contribution < -0.4 is 76.8 Å². The average Bonchev–Trinajstić information content (AvgIpc) is 1.76. The second-order valence-electron chi connectivity index (χ2n) is 30.0. The lowest BCUT2D eigenvalue weighted by atomic mass is 9.78. The van der Waals surface area contributed by atoms with Crippen molar-refractivity contribution in [1.29, 1.82) is 0 Å². The maximum Gasteiger partial charge on any atom is 0.231 e. The van der Waals surface area contributed by atoms with Crippen LogP contribution in [0.4, 0.5) is 0 Å². The van der Waals surface area contributed by atoms with Gasteiger partial charge in [0.05, 0.1) is 0 Å². The van der Waals surface area contributed by atoms with Gasteiger partial charge in [-0.25, -0.2) is 0 Å². The van der Waals surface area contributed by atoms with E-state index >= 15 is 0 Å². The molecule has 16 nitrogen and oxygen atoms in total. The summed E-state index contributed by atoms with van der Waals surface area (Å²) in [7, 11) is 0. The molecule has 8 aliphatic rings. The van der Waals surface area contributed by atoms with E-state index in [2.05, 4.69) is 200 Å². The summed E-state index contributed by atoms with van der Waals surface area (Å²) in [5.74, 6) is 7.27. The van der Waals surface area contributed by atoms with E-state index in [-0.39, 0.29) is 47.6 Å². The Balaban J connectivity index is 0.680. The van der Waals surface area contributed by atoms with Crippen molar-refractivity contribution >= 4 is 86.6 Å². The topological polar surface area (TPSA) is 148 Å². The molecule has 0 amide bonds. The van der Waals surface area contributed by atoms with E-state index in [0.717, 1.165) is 175 Å². The van der Waals surface area contributed by atoms with Gasteiger partial charge in [0.2, 0.25) is 34.0 Å². The standard InChI is InChI=1S/C101H64O16/c1-3-23-54(24-4-1)45-102-72-43-56-27-7-9-29-58(56)74-76-60-31-11-13-33-62(60)78-80-64-35-15-17-37-66(64)82-84-68-39-19-21-41-70(68)86-87-71-42-22-20-40-69(71)85-83-67-38-18-16-36-65(67)81-79-63-34-14-12-32-61(63)77-75-59-30-10-8-28-57(59)44-73(103-46-55-25-5-2-6-26-55)89(75)105-48-107-91(77)93(79)109-50-111-95(81)97(83)113-52-115-99(85)101(87)117-53-116-100(86)98(84)114-51-112-96(82)94(80)110-49-108-92(78)90(76)106-47-104-88(72)74/h1-44,98,100H,45-53H2. The second kappa shape index (κ2) is 26.0. The fourth-order valence-electron chi connectivity index (χ4n) is 19.5. The fraction of sp³-hybridized carbons (Fsp3) is 0.109. The lowest BCUT2D eigenvalue weighted by molar-refractivity contribution is -0.0895. The van der Waals surface area contributed by atoms with Crippen molar-refractivity contribution in [1.82, 2.24) is 0 Å². The van der Waals surface area contributed by atoms with Crippen LogP contribution in [0.2, 0.25) is 0 Å². The van der Waals surface area contributed by atoms with Crippen LogP contribution in [-0.2, 0) is 22.7 Å². The molecule has 0 bridgehead atoms. The Kier molecular flexibility index (Phi) is 14.6. The van der Waals surface area contributed by atoms with Crippen LogP contribution in [0.3, 0.4) is 0 Å². The summed E-state index contributed by atoms with van der Waals surface area (Å²) in [6.07, 6.45) is -1.56. The maximum atomic E-state index is 7.28. The van der Waals surface area contributed by atoms with Crippen LogP contribution in [-0.4, -0.2) is 59.8 Å². The molecule has 7 aliphatic heterocycles. The Labute approximate surface area is 667 Å². The van der Waals surface area contributed by atoms with Gasteiger partial charge in [0.15, 0.2) is 94.1 Å². The molecule has 1 aliphatic carbocycles. The number of benzene rings is 17. The Morgan fingerprint density at radius 1 is 0.205 bits per heavy atom. The molecule has 117 heavy (non-hydrogen) atoms. The zero-order valence-corrected chi connectivity index (χ0v) is 62.5. The smallest absolute Gasteiger partial charge is 0.231 e. The Morgan fingerprint density at radius 3 is 0.709 bits per heavy atom. The van der Waals surface area contributed by atoms with E-state index in [1.165, 1.54) is 0 Å². The highest BCUT2D eigenvalue weighted by atomic mass is 16.7. The van der Waals surface area contributed by atoms with E-state index in [9.17, 15) is 0 Å². The van der Waals surface area contributed by atoms with Crippen LogP contribution in [0.15, 0.2) is 267 Å². The second-order valence-corrected chi connectivity index (χ2v) is 30.0. The van der Waals surface area contributed by atoms with Crippen molar-refractivity contribution in [3.63, 3.8) is 0 Å². The normalized spacial score (nSPS) is 16.1. The number of fused-ring (bicyclic) bond motifs is 47. The number of rotatable bonds is 6. The van der Waals surface area contributed by atoms with E-state index in [4.69, 9.17) is 75.8 Å². The minimum atomic E-state index is -0.779. The first-order valence-electron chi connectivity index (χ1n) is 39.2. The predicted octanol–water partition coefficient (Wildman–Crippen LogP) is 20.8. The van der Waals surface area contributed by atoms with E-state index in [0.29, 0.717) is 93.7 Å². The van der Waals surface area contributed by atoms with E-state index < -0.39 is 12.2 Å². The van der Waals surface area contributed by atoms with Crippen molar-refractivity contribution in [2.75, 3.05) is 47.6 Å². The molecule has 17 aromatic carbocycles. The molecule has 0 radical (unpaired) electrons. The van der Waals surface area contributed by atoms with Gasteiger partial charge in [-0.15, -0.1) is 0 Å². The van der Waals surface area contributed by atoms with Gasteiger partial charge in [0.25, 0.3) is 0 Å². The molecule has 2 unspecified atom stereocenters. The molecule has 0 spiro atoms. The molecular weight excluding hydrogens is 1470 g/mol. The summed E-state index contributed by atoms with van der Waals surface area (Å²) in [4.78, 5) is 0. The Bertz CT molecular complexity index is 7350. The predicted molar refractivity (Wildman–Crippen MR) is 446 cm³/mol. The zero-order chi connectivity index (χ0) is 76.5. The van der Waals surface area contributed by atoms with Crippen molar-refractivity contribution in [2.45, 2.75) is 25.4 Å². The largest absolute Gasteiger partial charge is 0.485 e. The average molecular weight is 1530 g/mol. The molecule has 0 fully saturated rings. The lowest BCUT2D eigenvalue weighted by Crippen LogP contribution is -2.47. The van der Waals surface area contributed by atoms with Crippen LogP contribution in [0.5, 0.6) is 80.5 Å². The third-order valence-corrected chi connectivity index (χ3v) is 24.1. The number of ether oxygens (including phenoxy) is 16. The third kappa shape index (κ3) is 9.70. The van der Waals surface area contributed by atoms with Crippen LogP contribution in [0.25, 0.3) is 142 Å². The molecule has 0 saturated carbocycles. The highest BCUT2D eigenvalue weighted by Gasteiger charge is 2.47. The van der Waals surface area contributed by atoms with Gasteiger partial charge in [0.1, 0.15) is 25.4 Å². The molecular formula is C101H64O16. The molecule has 0 aromatic heterocycles. The van der Waals surface area contributed by atoms with Gasteiger partial charge in [0, 0.05) is 77.9 Å². The molecule has 17 aromatic rings. The highest BCUT2D eigenvalue weighted by Crippen LogP contribution is 2.67. The first-order valence-corrected chi connectivity index (χ1v) is 39.2. The highest BCUT2D eigenvalue weighted by molar-refractivity contribution is 6.25. The SMILES string of the molecule is c1ccc(COc2cc3ccccc3c3c2OCOc2c4c(c5ccccc5c2-3)-c2c(c3c(c5ccccc25)C2=c5ccccc5=C5c6c(c7c(c8ccccc68)-c6c(c8c(c9ccccc69)-c6c(c9c(c%10ccccc6%10)-c6c(c(OCc%10ccccc%10)cc%10ccccc6%10)OCO9)OCO8)OCO7)OCOC5C2OCO3)OCO4)cc1. The summed E-state index contributed by atoms with van der Waals surface area (Å²) in [5.41, 5.74) is 13.3. The molecule has 0 saturated heterocycles. The lowest BCUT2D eigenvalue weighted by Gasteiger charge is -2.32. The van der Waals surface area contributed by atoms with Gasteiger partial charge in [-0.3, -0.25) is 0 Å². The molecule has 25 rings (SSSR count). The first kappa shape index (κ1) is 65.9. The fourth-order valence-corrected chi connectivity index (χ4v) is 19.5. The monoisotopic (exact) mass is 1530 g/mol. The molecule has 564 valence electrons. The van der Waals surface area contributed by atoms with Gasteiger partial charge in [-0.1, -0.05) is 255 Å². The Morgan fingerprint density at radius 2 is 0.419 bits per heavy atom. The van der Waals surface area contributed by atoms with Gasteiger partial charge in [-0.2, -0.15) is 0 Å². The number of hydrogen-bond acceptors (Lipinski definition) is 16. The van der Waals surface area contributed by atoms with Crippen LogP contribution in [0, 0.1) is 0 Å². The zero-order valence-electron chi connectivity index (χ0n) is 62.5. The summed E-state index contributed by atoms with van der Waals surface area (Å²) in [6.45, 7) is -0.570. The molecule has 16 heteroatoms. The van der Waals surface area contributed by atoms with Crippen molar-refractivity contribution in [2.24, 2.45) is 0 Å². The molecule has 2 atom stereocenters. The van der Waals surface area contributed by atoms with Crippen molar-refractivity contribution in [3.8, 4) is 136 Å². The summed E-state index contributed by atoms with van der Waals surface area (Å²) < 4.78 is 112. The maximum absolute atomic E-state index is 7.28. The van der Waals surface area contributed by atoms with E-state index in [1.807, 2.05) is 66.7 Å². The summed E-state index contributed by atoms with van der Waals surface area (Å²) in [5, 5.41) is 14.6. The van der Waals surface area contributed by atoms with E-state index in [1.54, 1.807) is 0 Å². The summed E-state index contributed by atoms with van der Waals surface area (Å²) >= 11 is 0. The first-order chi connectivity index (χ1) is 58.1. The molecule has 0 N–H and O–H groups in total. The summed E-state index contributed by atoms with van der Waals surface area (Å²) in [6, 6.07) is 91.5. The van der Waals surface area contributed by atoms with Crippen LogP contribution in [0.1, 0.15) is 22.3 Å². The van der Waals surface area contributed by atoms with Crippen molar-refractivity contribution in [3.05, 3.63) is 300 Å². The minimum Gasteiger partial charge on any atom is -0.485 e. The number of hydrogen-bond donors (Lipinski definition) is 0. The van der Waals surface area contributed by atoms with Gasteiger partial charge in [-0.05, 0) is 109 Å². The van der Waals surface area contributed by atoms with Crippen LogP contribution >= 0.6 is 0 Å². The van der Waals surface area contributed by atoms with Crippen molar-refractivity contribution < 1.29 is 75.8 Å². The van der Waals surface area contributed by atoms with Gasteiger partial charge < -0.3 is 75.8 Å². The molecule has 7 heterocycles. The quantitative estimate of drug-likeness (QED) is 0.155. The van der Waals surface area contributed by atoms with Gasteiger partial charge >= 0.3 is 0 Å². The Hall–Kier alpha value is -14.6. The third-order valence-electron chi connectivity index (χ3n) is 24.1. The minimum absolute atomic E-state index is 0.129.